The van der Waals surface area contributed by atoms with E-state index in [9.17, 15) is 18.0 Å². The van der Waals surface area contributed by atoms with Gasteiger partial charge in [-0.05, 0) is 25.2 Å². The lowest BCUT2D eigenvalue weighted by Crippen LogP contribution is -2.39. The highest BCUT2D eigenvalue weighted by Gasteiger charge is 2.32. The lowest BCUT2D eigenvalue weighted by Gasteiger charge is -2.26. The summed E-state index contributed by atoms with van der Waals surface area (Å²) in [4.78, 5) is 15.5. The summed E-state index contributed by atoms with van der Waals surface area (Å²) in [6.45, 7) is 0.918. The van der Waals surface area contributed by atoms with Crippen LogP contribution in [0, 0.1) is 5.92 Å². The Morgan fingerprint density at radius 3 is 2.33 bits per heavy atom. The number of halogens is 3. The Balaban J connectivity index is 1.77. The zero-order valence-electron chi connectivity index (χ0n) is 12.5. The molecule has 1 aliphatic carbocycles. The summed E-state index contributed by atoms with van der Waals surface area (Å²) >= 11 is 0. The average Bonchev–Trinajstić information content (AvgIpc) is 2.63. The van der Waals surface area contributed by atoms with Crippen LogP contribution in [0.3, 0.4) is 0 Å². The number of hydrogen-bond acceptors (Lipinski definition) is 2. The third-order valence-electron chi connectivity index (χ3n) is 4.53. The highest BCUT2D eigenvalue weighted by Crippen LogP contribution is 2.27. The molecule has 1 saturated heterocycles. The van der Waals surface area contributed by atoms with Gasteiger partial charge in [-0.3, -0.25) is 9.69 Å². The molecule has 0 aromatic carbocycles. The van der Waals surface area contributed by atoms with Gasteiger partial charge in [0.25, 0.3) is 0 Å². The van der Waals surface area contributed by atoms with Gasteiger partial charge < -0.3 is 4.90 Å². The summed E-state index contributed by atoms with van der Waals surface area (Å²) in [6, 6.07) is 0. The van der Waals surface area contributed by atoms with Crippen molar-refractivity contribution in [1.29, 1.82) is 0 Å². The van der Waals surface area contributed by atoms with Gasteiger partial charge in [-0.15, -0.1) is 0 Å². The second kappa shape index (κ2) is 7.47. The van der Waals surface area contributed by atoms with Gasteiger partial charge in [-0.1, -0.05) is 19.3 Å². The maximum Gasteiger partial charge on any atom is 0.401 e. The van der Waals surface area contributed by atoms with Gasteiger partial charge in [-0.25, -0.2) is 0 Å². The number of alkyl halides is 3. The van der Waals surface area contributed by atoms with Crippen molar-refractivity contribution < 1.29 is 18.0 Å². The molecule has 6 heteroatoms. The number of carbonyl (C=O) groups excluding carboxylic acids is 1. The van der Waals surface area contributed by atoms with Crippen LogP contribution in [-0.4, -0.2) is 54.6 Å². The van der Waals surface area contributed by atoms with Crippen molar-refractivity contribution in [3.8, 4) is 0 Å². The van der Waals surface area contributed by atoms with Gasteiger partial charge in [-0.2, -0.15) is 13.2 Å². The zero-order valence-corrected chi connectivity index (χ0v) is 12.5. The third kappa shape index (κ3) is 5.85. The molecular formula is C15H25F3N2O. The summed E-state index contributed by atoms with van der Waals surface area (Å²) in [5, 5.41) is 0. The van der Waals surface area contributed by atoms with Crippen molar-refractivity contribution in [3.63, 3.8) is 0 Å². The fourth-order valence-electron chi connectivity index (χ4n) is 3.40. The van der Waals surface area contributed by atoms with Crippen LogP contribution in [0.5, 0.6) is 0 Å². The Labute approximate surface area is 124 Å². The number of amides is 1. The summed E-state index contributed by atoms with van der Waals surface area (Å²) in [6.07, 6.45) is 2.99. The highest BCUT2D eigenvalue weighted by molar-refractivity contribution is 5.76. The van der Waals surface area contributed by atoms with Crippen molar-refractivity contribution in [2.75, 3.05) is 32.7 Å². The number of carbonyl (C=O) groups is 1. The second-order valence-corrected chi connectivity index (χ2v) is 6.33. The Bertz CT molecular complexity index is 340. The van der Waals surface area contributed by atoms with Gasteiger partial charge in [0, 0.05) is 32.6 Å². The molecule has 21 heavy (non-hydrogen) atoms. The van der Waals surface area contributed by atoms with Gasteiger partial charge in [0.05, 0.1) is 6.54 Å². The standard InChI is InChI=1S/C15H25F3N2O/c16-15(17,18)12-19-7-4-8-20(10-9-19)14(21)11-13-5-2-1-3-6-13/h13H,1-12H2. The van der Waals surface area contributed by atoms with E-state index in [1.54, 1.807) is 4.90 Å². The molecule has 1 heterocycles. The fourth-order valence-corrected chi connectivity index (χ4v) is 3.40. The molecule has 0 atom stereocenters. The van der Waals surface area contributed by atoms with Gasteiger partial charge in [0.1, 0.15) is 0 Å². The van der Waals surface area contributed by atoms with Crippen LogP contribution in [0.15, 0.2) is 0 Å². The summed E-state index contributed by atoms with van der Waals surface area (Å²) in [7, 11) is 0. The van der Waals surface area contributed by atoms with Gasteiger partial charge in [0.15, 0.2) is 0 Å². The van der Waals surface area contributed by atoms with E-state index in [2.05, 4.69) is 0 Å². The van der Waals surface area contributed by atoms with Crippen LogP contribution in [-0.2, 0) is 4.79 Å². The molecule has 2 fully saturated rings. The number of rotatable bonds is 3. The fraction of sp³-hybridized carbons (Fsp3) is 0.933. The van der Waals surface area contributed by atoms with E-state index in [4.69, 9.17) is 0 Å². The molecule has 0 unspecified atom stereocenters. The van der Waals surface area contributed by atoms with Gasteiger partial charge in [0.2, 0.25) is 5.91 Å². The Morgan fingerprint density at radius 1 is 0.952 bits per heavy atom. The normalized spacial score (nSPS) is 23.1. The van der Waals surface area contributed by atoms with Crippen LogP contribution >= 0.6 is 0 Å². The van der Waals surface area contributed by atoms with Crippen molar-refractivity contribution in [1.82, 2.24) is 9.80 Å². The molecule has 0 bridgehead atoms. The molecule has 1 amide bonds. The van der Waals surface area contributed by atoms with Crippen molar-refractivity contribution in [2.45, 2.75) is 51.1 Å². The Morgan fingerprint density at radius 2 is 1.67 bits per heavy atom. The minimum Gasteiger partial charge on any atom is -0.341 e. The quantitative estimate of drug-likeness (QED) is 0.800. The smallest absolute Gasteiger partial charge is 0.341 e. The van der Waals surface area contributed by atoms with Crippen LogP contribution < -0.4 is 0 Å². The summed E-state index contributed by atoms with van der Waals surface area (Å²) < 4.78 is 37.2. The first-order valence-corrected chi connectivity index (χ1v) is 8.01. The molecule has 3 nitrogen and oxygen atoms in total. The summed E-state index contributed by atoms with van der Waals surface area (Å²) in [5.74, 6) is 0.622. The van der Waals surface area contributed by atoms with Crippen LogP contribution in [0.25, 0.3) is 0 Å². The van der Waals surface area contributed by atoms with Gasteiger partial charge >= 0.3 is 6.18 Å². The van der Waals surface area contributed by atoms with E-state index in [0.29, 0.717) is 44.9 Å². The van der Waals surface area contributed by atoms with E-state index >= 15 is 0 Å². The molecule has 0 aromatic rings. The molecule has 1 saturated carbocycles. The number of nitrogens with zero attached hydrogens (tertiary/aromatic N) is 2. The lowest BCUT2D eigenvalue weighted by atomic mass is 9.86. The summed E-state index contributed by atoms with van der Waals surface area (Å²) in [5.41, 5.74) is 0. The Hall–Kier alpha value is -0.780. The molecule has 0 spiro atoms. The molecule has 0 N–H and O–H groups in total. The SMILES string of the molecule is O=C(CC1CCCCC1)N1CCCN(CC(F)(F)F)CC1. The molecule has 2 rings (SSSR count). The van der Waals surface area contributed by atoms with E-state index in [0.717, 1.165) is 12.8 Å². The lowest BCUT2D eigenvalue weighted by molar-refractivity contribution is -0.145. The molecule has 1 aliphatic heterocycles. The van der Waals surface area contributed by atoms with E-state index < -0.39 is 12.7 Å². The van der Waals surface area contributed by atoms with Crippen LogP contribution in [0.4, 0.5) is 13.2 Å². The Kier molecular flexibility index (Phi) is 5.90. The first-order chi connectivity index (χ1) is 9.94. The minimum atomic E-state index is -4.15. The largest absolute Gasteiger partial charge is 0.401 e. The third-order valence-corrected chi connectivity index (χ3v) is 4.53. The topological polar surface area (TPSA) is 23.6 Å². The minimum absolute atomic E-state index is 0.135. The van der Waals surface area contributed by atoms with Crippen molar-refractivity contribution >= 4 is 5.91 Å². The van der Waals surface area contributed by atoms with Crippen molar-refractivity contribution in [2.24, 2.45) is 5.92 Å². The molecular weight excluding hydrogens is 281 g/mol. The average molecular weight is 306 g/mol. The molecule has 0 radical (unpaired) electrons. The maximum absolute atomic E-state index is 12.4. The van der Waals surface area contributed by atoms with E-state index in [1.807, 2.05) is 0 Å². The van der Waals surface area contributed by atoms with Crippen molar-refractivity contribution in [3.05, 3.63) is 0 Å². The maximum atomic E-state index is 12.4. The first kappa shape index (κ1) is 16.6. The number of hydrogen-bond donors (Lipinski definition) is 0. The highest BCUT2D eigenvalue weighted by atomic mass is 19.4. The monoisotopic (exact) mass is 306 g/mol. The van der Waals surface area contributed by atoms with Crippen LogP contribution in [0.1, 0.15) is 44.9 Å². The predicted octanol–water partition coefficient (Wildman–Crippen LogP) is 3.05. The van der Waals surface area contributed by atoms with E-state index in [1.165, 1.54) is 24.2 Å². The van der Waals surface area contributed by atoms with E-state index in [-0.39, 0.29) is 5.91 Å². The molecule has 122 valence electrons. The first-order valence-electron chi connectivity index (χ1n) is 8.01. The van der Waals surface area contributed by atoms with Crippen LogP contribution in [0.2, 0.25) is 0 Å². The zero-order chi connectivity index (χ0) is 15.3. The second-order valence-electron chi connectivity index (χ2n) is 6.33. The molecule has 0 aromatic heterocycles. The molecule has 2 aliphatic rings. The predicted molar refractivity (Wildman–Crippen MR) is 74.9 cm³/mol.